The molecule has 148 valence electrons. The Kier molecular flexibility index (Phi) is 9.57. The van der Waals surface area contributed by atoms with Crippen molar-refractivity contribution in [3.05, 3.63) is 59.7 Å². The molecule has 0 radical (unpaired) electrons. The lowest BCUT2D eigenvalue weighted by atomic mass is 10.1. The Labute approximate surface area is 178 Å². The fourth-order valence-corrected chi connectivity index (χ4v) is 3.46. The quantitative estimate of drug-likeness (QED) is 0.263. The van der Waals surface area contributed by atoms with E-state index in [0.29, 0.717) is 30.6 Å². The number of sulfone groups is 1. The third kappa shape index (κ3) is 7.76. The number of hydrogen-bond donors (Lipinski definition) is 2. The minimum absolute atomic E-state index is 0. The maximum Gasteiger partial charge on any atom is 0.191 e. The van der Waals surface area contributed by atoms with Crippen molar-refractivity contribution in [2.24, 2.45) is 4.99 Å². The van der Waals surface area contributed by atoms with Crippen LogP contribution in [0.25, 0.3) is 0 Å². The maximum absolute atomic E-state index is 11.7. The van der Waals surface area contributed by atoms with Gasteiger partial charge in [0.25, 0.3) is 0 Å². The lowest BCUT2D eigenvalue weighted by Crippen LogP contribution is -2.38. The number of guanidine groups is 1. The number of rotatable bonds is 7. The summed E-state index contributed by atoms with van der Waals surface area (Å²) in [5, 5.41) is 6.38. The predicted octanol–water partition coefficient (Wildman–Crippen LogP) is 2.76. The minimum Gasteiger partial charge on any atom is -0.492 e. The van der Waals surface area contributed by atoms with E-state index in [1.54, 1.807) is 20.0 Å². The highest BCUT2D eigenvalue weighted by Crippen LogP contribution is 2.16. The number of nitrogens with zero attached hydrogens (tertiary/aromatic N) is 1. The summed E-state index contributed by atoms with van der Waals surface area (Å²) < 4.78 is 29.0. The largest absolute Gasteiger partial charge is 0.492 e. The highest BCUT2D eigenvalue weighted by Gasteiger charge is 2.10. The summed E-state index contributed by atoms with van der Waals surface area (Å²) in [6.07, 6.45) is 1.22. The van der Waals surface area contributed by atoms with Crippen molar-refractivity contribution >= 4 is 39.8 Å². The van der Waals surface area contributed by atoms with E-state index in [9.17, 15) is 8.42 Å². The van der Waals surface area contributed by atoms with Crippen LogP contribution in [0.1, 0.15) is 11.1 Å². The summed E-state index contributed by atoms with van der Waals surface area (Å²) in [5.74, 6) is 1.49. The summed E-state index contributed by atoms with van der Waals surface area (Å²) in [6.45, 7) is 3.48. The Morgan fingerprint density at radius 3 is 2.41 bits per heavy atom. The maximum atomic E-state index is 11.7. The number of para-hydroxylation sites is 1. The summed E-state index contributed by atoms with van der Waals surface area (Å²) in [4.78, 5) is 4.53. The van der Waals surface area contributed by atoms with Crippen LogP contribution in [-0.4, -0.2) is 40.8 Å². The van der Waals surface area contributed by atoms with Crippen LogP contribution >= 0.6 is 24.0 Å². The molecule has 0 amide bonds. The molecular weight excluding hydrogens is 477 g/mol. The molecule has 0 aliphatic carbocycles. The van der Waals surface area contributed by atoms with Gasteiger partial charge in [-0.15, -0.1) is 24.0 Å². The molecule has 2 aromatic rings. The zero-order valence-electron chi connectivity index (χ0n) is 15.7. The molecule has 2 rings (SSSR count). The van der Waals surface area contributed by atoms with Gasteiger partial charge in [-0.2, -0.15) is 0 Å². The second-order valence-corrected chi connectivity index (χ2v) is 7.87. The minimum atomic E-state index is -3.19. The molecule has 0 heterocycles. The molecule has 0 saturated heterocycles. The summed E-state index contributed by atoms with van der Waals surface area (Å²) in [7, 11) is -1.49. The van der Waals surface area contributed by atoms with Crippen LogP contribution in [0, 0.1) is 6.92 Å². The normalized spacial score (nSPS) is 11.4. The van der Waals surface area contributed by atoms with Gasteiger partial charge in [0, 0.05) is 19.8 Å². The molecule has 0 aromatic heterocycles. The molecule has 0 bridgehead atoms. The van der Waals surface area contributed by atoms with Gasteiger partial charge in [0.1, 0.15) is 12.4 Å². The summed E-state index contributed by atoms with van der Waals surface area (Å²) >= 11 is 0. The summed E-state index contributed by atoms with van der Waals surface area (Å²) in [5.41, 5.74) is 1.73. The number of nitrogens with one attached hydrogen (secondary N) is 2. The van der Waals surface area contributed by atoms with Crippen LogP contribution in [0.5, 0.6) is 5.75 Å². The standard InChI is InChI=1S/C19H25N3O3S.HI/c1-15-13-16(9-10-18(15)26(3,23)24)14-22-19(20-2)21-11-12-25-17-7-5-4-6-8-17;/h4-10,13H,11-12,14H2,1-3H3,(H2,20,21,22);1H. The zero-order valence-corrected chi connectivity index (χ0v) is 18.9. The van der Waals surface area contributed by atoms with E-state index < -0.39 is 9.84 Å². The molecule has 0 unspecified atom stereocenters. The van der Waals surface area contributed by atoms with Crippen molar-refractivity contribution < 1.29 is 13.2 Å². The van der Waals surface area contributed by atoms with Gasteiger partial charge in [-0.05, 0) is 36.2 Å². The van der Waals surface area contributed by atoms with Gasteiger partial charge in [-0.3, -0.25) is 4.99 Å². The first-order valence-corrected chi connectivity index (χ1v) is 10.2. The molecule has 0 fully saturated rings. The van der Waals surface area contributed by atoms with Gasteiger partial charge >= 0.3 is 0 Å². The molecule has 2 N–H and O–H groups in total. The average molecular weight is 503 g/mol. The lowest BCUT2D eigenvalue weighted by Gasteiger charge is -2.13. The number of benzene rings is 2. The molecule has 2 aromatic carbocycles. The van der Waals surface area contributed by atoms with Gasteiger partial charge in [0.2, 0.25) is 0 Å². The monoisotopic (exact) mass is 503 g/mol. The number of ether oxygens (including phenoxy) is 1. The lowest BCUT2D eigenvalue weighted by molar-refractivity contribution is 0.322. The van der Waals surface area contributed by atoms with Crippen LogP contribution < -0.4 is 15.4 Å². The van der Waals surface area contributed by atoms with E-state index in [2.05, 4.69) is 15.6 Å². The second-order valence-electron chi connectivity index (χ2n) is 5.89. The van der Waals surface area contributed by atoms with Gasteiger partial charge in [0.15, 0.2) is 15.8 Å². The van der Waals surface area contributed by atoms with Crippen LogP contribution in [0.3, 0.4) is 0 Å². The Bertz CT molecular complexity index is 856. The van der Waals surface area contributed by atoms with Crippen molar-refractivity contribution in [1.82, 2.24) is 10.6 Å². The SMILES string of the molecule is CN=C(NCCOc1ccccc1)NCc1ccc(S(C)(=O)=O)c(C)c1.I. The van der Waals surface area contributed by atoms with Crippen LogP contribution in [0.15, 0.2) is 58.4 Å². The Morgan fingerprint density at radius 2 is 1.81 bits per heavy atom. The number of halogens is 1. The van der Waals surface area contributed by atoms with Gasteiger partial charge in [0.05, 0.1) is 11.4 Å². The highest BCUT2D eigenvalue weighted by atomic mass is 127. The van der Waals surface area contributed by atoms with Crippen molar-refractivity contribution in [3.63, 3.8) is 0 Å². The Balaban J connectivity index is 0.00000364. The first-order chi connectivity index (χ1) is 12.4. The number of hydrogen-bond acceptors (Lipinski definition) is 4. The van der Waals surface area contributed by atoms with Gasteiger partial charge in [-0.25, -0.2) is 8.42 Å². The van der Waals surface area contributed by atoms with E-state index >= 15 is 0 Å². The predicted molar refractivity (Wildman–Crippen MR) is 120 cm³/mol. The van der Waals surface area contributed by atoms with Crippen LogP contribution in [0.4, 0.5) is 0 Å². The first-order valence-electron chi connectivity index (χ1n) is 8.32. The average Bonchev–Trinajstić information content (AvgIpc) is 2.61. The highest BCUT2D eigenvalue weighted by molar-refractivity contribution is 14.0. The van der Waals surface area contributed by atoms with E-state index in [4.69, 9.17) is 4.74 Å². The Hall–Kier alpha value is -1.81. The zero-order chi connectivity index (χ0) is 19.0. The fraction of sp³-hybridized carbons (Fsp3) is 0.316. The van der Waals surface area contributed by atoms with E-state index in [-0.39, 0.29) is 24.0 Å². The third-order valence-electron chi connectivity index (χ3n) is 3.73. The van der Waals surface area contributed by atoms with Crippen LogP contribution in [-0.2, 0) is 16.4 Å². The van der Waals surface area contributed by atoms with Gasteiger partial charge < -0.3 is 15.4 Å². The first kappa shape index (κ1) is 23.2. The molecule has 0 aliphatic rings. The van der Waals surface area contributed by atoms with Crippen molar-refractivity contribution in [2.75, 3.05) is 26.5 Å². The second kappa shape index (κ2) is 11.1. The van der Waals surface area contributed by atoms with E-state index in [1.807, 2.05) is 42.5 Å². The van der Waals surface area contributed by atoms with E-state index in [0.717, 1.165) is 16.9 Å². The molecule has 0 aliphatic heterocycles. The van der Waals surface area contributed by atoms with Crippen LogP contribution in [0.2, 0.25) is 0 Å². The molecule has 0 saturated carbocycles. The molecule has 0 spiro atoms. The smallest absolute Gasteiger partial charge is 0.191 e. The van der Waals surface area contributed by atoms with Crippen molar-refractivity contribution in [2.45, 2.75) is 18.4 Å². The number of aryl methyl sites for hydroxylation is 1. The number of aliphatic imine (C=N–C) groups is 1. The summed E-state index contributed by atoms with van der Waals surface area (Å²) in [6, 6.07) is 15.0. The molecular formula is C19H26IN3O3S. The molecule has 0 atom stereocenters. The molecule has 6 nitrogen and oxygen atoms in total. The topological polar surface area (TPSA) is 79.8 Å². The van der Waals surface area contributed by atoms with E-state index in [1.165, 1.54) is 6.26 Å². The Morgan fingerprint density at radius 1 is 1.11 bits per heavy atom. The van der Waals surface area contributed by atoms with Crippen molar-refractivity contribution in [1.29, 1.82) is 0 Å². The molecule has 27 heavy (non-hydrogen) atoms. The fourth-order valence-electron chi connectivity index (χ4n) is 2.50. The third-order valence-corrected chi connectivity index (χ3v) is 4.99. The molecule has 8 heteroatoms. The van der Waals surface area contributed by atoms with Crippen molar-refractivity contribution in [3.8, 4) is 5.75 Å². The van der Waals surface area contributed by atoms with Gasteiger partial charge in [-0.1, -0.05) is 30.3 Å².